The van der Waals surface area contributed by atoms with Crippen molar-refractivity contribution in [3.8, 4) is 11.4 Å². The van der Waals surface area contributed by atoms with E-state index in [-0.39, 0.29) is 0 Å². The zero-order valence-electron chi connectivity index (χ0n) is 11.1. The Morgan fingerprint density at radius 2 is 2.21 bits per heavy atom. The van der Waals surface area contributed by atoms with E-state index in [0.29, 0.717) is 17.3 Å². The highest BCUT2D eigenvalue weighted by Gasteiger charge is 2.15. The van der Waals surface area contributed by atoms with Crippen LogP contribution < -0.4 is 10.5 Å². The highest BCUT2D eigenvalue weighted by atomic mass is 35.5. The number of aromatic nitrogens is 3. The summed E-state index contributed by atoms with van der Waals surface area (Å²) in [4.78, 5) is 0. The van der Waals surface area contributed by atoms with Crippen LogP contribution in [-0.2, 0) is 13.0 Å². The van der Waals surface area contributed by atoms with Gasteiger partial charge in [-0.15, -0.1) is 5.10 Å². The Bertz CT molecular complexity index is 568. The fourth-order valence-electron chi connectivity index (χ4n) is 2.00. The van der Waals surface area contributed by atoms with Crippen molar-refractivity contribution in [3.63, 3.8) is 0 Å². The van der Waals surface area contributed by atoms with Crippen LogP contribution in [0.1, 0.15) is 24.7 Å². The number of ether oxygens (including phenoxy) is 1. The van der Waals surface area contributed by atoms with Gasteiger partial charge in [-0.3, -0.25) is 0 Å². The Labute approximate surface area is 117 Å². The molecule has 5 nitrogen and oxygen atoms in total. The van der Waals surface area contributed by atoms with Gasteiger partial charge in [0.1, 0.15) is 11.4 Å². The molecule has 0 spiro atoms. The average molecular weight is 281 g/mol. The van der Waals surface area contributed by atoms with Gasteiger partial charge in [-0.1, -0.05) is 30.2 Å². The molecule has 102 valence electrons. The maximum Gasteiger partial charge on any atom is 0.144 e. The van der Waals surface area contributed by atoms with E-state index in [1.54, 1.807) is 17.9 Å². The number of rotatable bonds is 5. The van der Waals surface area contributed by atoms with Gasteiger partial charge in [0.25, 0.3) is 0 Å². The van der Waals surface area contributed by atoms with E-state index in [2.05, 4.69) is 17.2 Å². The smallest absolute Gasteiger partial charge is 0.144 e. The Kier molecular flexibility index (Phi) is 4.39. The molecule has 6 heteroatoms. The molecule has 0 unspecified atom stereocenters. The number of hydrogen-bond donors (Lipinski definition) is 1. The fraction of sp³-hybridized carbons (Fsp3) is 0.385. The fourth-order valence-corrected chi connectivity index (χ4v) is 2.17. The Hall–Kier alpha value is -1.59. The molecule has 2 aromatic rings. The molecule has 0 saturated carbocycles. The zero-order valence-corrected chi connectivity index (χ0v) is 11.8. The average Bonchev–Trinajstić information content (AvgIpc) is 2.82. The van der Waals surface area contributed by atoms with Crippen molar-refractivity contribution in [2.45, 2.75) is 26.3 Å². The highest BCUT2D eigenvalue weighted by molar-refractivity contribution is 6.30. The third-order valence-corrected chi connectivity index (χ3v) is 3.13. The van der Waals surface area contributed by atoms with Gasteiger partial charge >= 0.3 is 0 Å². The second kappa shape index (κ2) is 6.04. The van der Waals surface area contributed by atoms with E-state index in [4.69, 9.17) is 22.1 Å². The molecule has 1 aromatic heterocycles. The molecule has 0 saturated heterocycles. The molecule has 1 heterocycles. The van der Waals surface area contributed by atoms with Crippen molar-refractivity contribution >= 4 is 11.6 Å². The van der Waals surface area contributed by atoms with Gasteiger partial charge in [0.2, 0.25) is 0 Å². The van der Waals surface area contributed by atoms with Crippen LogP contribution in [0.5, 0.6) is 5.75 Å². The summed E-state index contributed by atoms with van der Waals surface area (Å²) < 4.78 is 7.11. The van der Waals surface area contributed by atoms with Crippen LogP contribution in [0.3, 0.4) is 0 Å². The molecular formula is C13H17ClN4O. The second-order valence-corrected chi connectivity index (χ2v) is 4.60. The van der Waals surface area contributed by atoms with Crippen LogP contribution in [0.15, 0.2) is 18.2 Å². The van der Waals surface area contributed by atoms with E-state index in [9.17, 15) is 0 Å². The first-order valence-electron chi connectivity index (χ1n) is 6.18. The van der Waals surface area contributed by atoms with E-state index >= 15 is 0 Å². The van der Waals surface area contributed by atoms with Gasteiger partial charge in [-0.25, -0.2) is 4.68 Å². The highest BCUT2D eigenvalue weighted by Crippen LogP contribution is 2.27. The topological polar surface area (TPSA) is 66.0 Å². The largest absolute Gasteiger partial charge is 0.494 e. The number of nitrogens with two attached hydrogens (primary N) is 1. The van der Waals surface area contributed by atoms with E-state index in [0.717, 1.165) is 29.9 Å². The minimum Gasteiger partial charge on any atom is -0.494 e. The number of methoxy groups -OCH3 is 1. The minimum atomic E-state index is 0.373. The van der Waals surface area contributed by atoms with Crippen molar-refractivity contribution in [2.75, 3.05) is 7.11 Å². The molecule has 2 N–H and O–H groups in total. The van der Waals surface area contributed by atoms with Gasteiger partial charge in [-0.2, -0.15) is 0 Å². The third-order valence-electron chi connectivity index (χ3n) is 2.89. The van der Waals surface area contributed by atoms with Gasteiger partial charge in [0.05, 0.1) is 18.5 Å². The van der Waals surface area contributed by atoms with E-state index in [1.165, 1.54) is 0 Å². The molecule has 0 aliphatic heterocycles. The van der Waals surface area contributed by atoms with Gasteiger partial charge in [-0.05, 0) is 24.6 Å². The molecule has 0 aliphatic rings. The molecule has 19 heavy (non-hydrogen) atoms. The molecule has 0 bridgehead atoms. The first-order chi connectivity index (χ1) is 9.21. The second-order valence-electron chi connectivity index (χ2n) is 4.16. The summed E-state index contributed by atoms with van der Waals surface area (Å²) in [6, 6.07) is 5.41. The first kappa shape index (κ1) is 13.8. The Balaban J connectivity index is 2.57. The summed E-state index contributed by atoms with van der Waals surface area (Å²) in [5.74, 6) is 0.704. The van der Waals surface area contributed by atoms with Crippen molar-refractivity contribution in [1.29, 1.82) is 0 Å². The Morgan fingerprint density at radius 3 is 2.84 bits per heavy atom. The minimum absolute atomic E-state index is 0.373. The van der Waals surface area contributed by atoms with Crippen molar-refractivity contribution < 1.29 is 4.74 Å². The quantitative estimate of drug-likeness (QED) is 0.913. The lowest BCUT2D eigenvalue weighted by Gasteiger charge is -2.11. The molecule has 2 rings (SSSR count). The summed E-state index contributed by atoms with van der Waals surface area (Å²) in [6.45, 7) is 2.48. The molecule has 0 radical (unpaired) electrons. The summed E-state index contributed by atoms with van der Waals surface area (Å²) in [6.07, 6.45) is 1.85. The van der Waals surface area contributed by atoms with Gasteiger partial charge in [0, 0.05) is 11.6 Å². The number of halogens is 1. The van der Waals surface area contributed by atoms with E-state index < -0.39 is 0 Å². The molecule has 0 atom stereocenters. The Morgan fingerprint density at radius 1 is 1.42 bits per heavy atom. The number of hydrogen-bond acceptors (Lipinski definition) is 4. The molecule has 0 aliphatic carbocycles. The van der Waals surface area contributed by atoms with E-state index in [1.807, 2.05) is 12.1 Å². The van der Waals surface area contributed by atoms with Gasteiger partial charge < -0.3 is 10.5 Å². The first-order valence-corrected chi connectivity index (χ1v) is 6.56. The standard InChI is InChI=1S/C13H17ClN4O/c1-3-4-11-10(8-15)16-17-18(11)12-7-9(14)5-6-13(12)19-2/h5-7H,3-4,8,15H2,1-2H3. The molecule has 1 aromatic carbocycles. The van der Waals surface area contributed by atoms with Crippen LogP contribution in [0.25, 0.3) is 5.69 Å². The van der Waals surface area contributed by atoms with Crippen molar-refractivity contribution in [1.82, 2.24) is 15.0 Å². The van der Waals surface area contributed by atoms with Crippen LogP contribution in [0, 0.1) is 0 Å². The van der Waals surface area contributed by atoms with Crippen molar-refractivity contribution in [3.05, 3.63) is 34.6 Å². The predicted octanol–water partition coefficient (Wildman–Crippen LogP) is 2.34. The number of benzene rings is 1. The predicted molar refractivity (Wildman–Crippen MR) is 74.8 cm³/mol. The van der Waals surface area contributed by atoms with Crippen molar-refractivity contribution in [2.24, 2.45) is 5.73 Å². The van der Waals surface area contributed by atoms with Crippen LogP contribution in [-0.4, -0.2) is 22.1 Å². The number of nitrogens with zero attached hydrogens (tertiary/aromatic N) is 3. The lowest BCUT2D eigenvalue weighted by Crippen LogP contribution is -2.07. The van der Waals surface area contributed by atoms with Crippen LogP contribution in [0.2, 0.25) is 5.02 Å². The monoisotopic (exact) mass is 280 g/mol. The van der Waals surface area contributed by atoms with Crippen LogP contribution in [0.4, 0.5) is 0 Å². The molecule has 0 fully saturated rings. The molecular weight excluding hydrogens is 264 g/mol. The summed E-state index contributed by atoms with van der Waals surface area (Å²) in [5, 5.41) is 8.93. The summed E-state index contributed by atoms with van der Waals surface area (Å²) >= 11 is 6.05. The van der Waals surface area contributed by atoms with Crippen LogP contribution >= 0.6 is 11.6 Å². The normalized spacial score (nSPS) is 10.7. The summed E-state index contributed by atoms with van der Waals surface area (Å²) in [5.41, 5.74) is 8.30. The lowest BCUT2D eigenvalue weighted by molar-refractivity contribution is 0.411. The SMILES string of the molecule is CCCc1c(CN)nnn1-c1cc(Cl)ccc1OC. The maximum absolute atomic E-state index is 6.05. The molecule has 0 amide bonds. The van der Waals surface area contributed by atoms with Gasteiger partial charge in [0.15, 0.2) is 0 Å². The lowest BCUT2D eigenvalue weighted by atomic mass is 10.2. The summed E-state index contributed by atoms with van der Waals surface area (Å²) in [7, 11) is 1.62. The zero-order chi connectivity index (χ0) is 13.8. The third kappa shape index (κ3) is 2.72. The maximum atomic E-state index is 6.05.